The molecular weight excluding hydrogens is 310 g/mol. The van der Waals surface area contributed by atoms with Gasteiger partial charge in [-0.3, -0.25) is 0 Å². The van der Waals surface area contributed by atoms with Crippen molar-refractivity contribution in [1.29, 1.82) is 0 Å². The molecule has 1 N–H and O–H groups in total. The molecular formula is C18H20BrN. The molecule has 0 saturated carbocycles. The van der Waals surface area contributed by atoms with Crippen LogP contribution in [0, 0.1) is 0 Å². The first-order valence-electron chi connectivity index (χ1n) is 7.32. The van der Waals surface area contributed by atoms with Gasteiger partial charge in [0, 0.05) is 4.47 Å². The Morgan fingerprint density at radius 3 is 2.45 bits per heavy atom. The van der Waals surface area contributed by atoms with Gasteiger partial charge in [-0.2, -0.15) is 0 Å². The van der Waals surface area contributed by atoms with Gasteiger partial charge in [0.25, 0.3) is 0 Å². The highest BCUT2D eigenvalue weighted by Gasteiger charge is 2.15. The molecule has 1 aliphatic rings. The smallest absolute Gasteiger partial charge is 0.0574 e. The molecule has 0 heterocycles. The summed E-state index contributed by atoms with van der Waals surface area (Å²) in [6.45, 7) is 0. The van der Waals surface area contributed by atoms with Crippen LogP contribution < -0.4 is 5.32 Å². The molecule has 1 unspecified atom stereocenters. The first kappa shape index (κ1) is 13.8. The van der Waals surface area contributed by atoms with Crippen molar-refractivity contribution in [3.63, 3.8) is 0 Å². The number of hydrogen-bond acceptors (Lipinski definition) is 1. The lowest BCUT2D eigenvalue weighted by Gasteiger charge is -2.22. The third-order valence-corrected chi connectivity index (χ3v) is 4.67. The van der Waals surface area contributed by atoms with Gasteiger partial charge in [-0.1, -0.05) is 46.3 Å². The predicted octanol–water partition coefficient (Wildman–Crippen LogP) is 4.64. The first-order chi connectivity index (χ1) is 9.78. The van der Waals surface area contributed by atoms with Crippen LogP contribution in [0.15, 0.2) is 46.9 Å². The van der Waals surface area contributed by atoms with E-state index in [1.165, 1.54) is 36.8 Å². The van der Waals surface area contributed by atoms with Gasteiger partial charge in [0.1, 0.15) is 0 Å². The fourth-order valence-corrected chi connectivity index (χ4v) is 3.56. The molecule has 0 spiro atoms. The molecule has 104 valence electrons. The molecule has 0 bridgehead atoms. The zero-order valence-corrected chi connectivity index (χ0v) is 13.4. The topological polar surface area (TPSA) is 12.0 Å². The summed E-state index contributed by atoms with van der Waals surface area (Å²) in [7, 11) is 2.03. The minimum absolute atomic E-state index is 0.264. The second kappa shape index (κ2) is 6.11. The molecule has 0 fully saturated rings. The summed E-state index contributed by atoms with van der Waals surface area (Å²) in [6.07, 6.45) is 5.15. The van der Waals surface area contributed by atoms with Crippen molar-refractivity contribution in [2.75, 3.05) is 7.05 Å². The molecule has 1 nitrogen and oxygen atoms in total. The second-order valence-corrected chi connectivity index (χ2v) is 6.43. The number of nitrogens with one attached hydrogen (secondary N) is 1. The van der Waals surface area contributed by atoms with Crippen molar-refractivity contribution >= 4 is 15.9 Å². The third kappa shape index (κ3) is 2.82. The second-order valence-electron chi connectivity index (χ2n) is 5.51. The van der Waals surface area contributed by atoms with E-state index in [1.54, 1.807) is 11.1 Å². The molecule has 20 heavy (non-hydrogen) atoms. The van der Waals surface area contributed by atoms with Crippen LogP contribution in [0.25, 0.3) is 0 Å². The molecule has 0 aromatic heterocycles. The van der Waals surface area contributed by atoms with E-state index in [1.807, 2.05) is 7.05 Å². The van der Waals surface area contributed by atoms with Crippen LogP contribution >= 0.6 is 15.9 Å². The Bertz CT molecular complexity index is 606. The van der Waals surface area contributed by atoms with Crippen molar-refractivity contribution in [2.45, 2.75) is 31.7 Å². The highest BCUT2D eigenvalue weighted by molar-refractivity contribution is 9.10. The van der Waals surface area contributed by atoms with Crippen LogP contribution in [0.2, 0.25) is 0 Å². The Morgan fingerprint density at radius 1 is 0.950 bits per heavy atom. The molecule has 2 aromatic rings. The average molecular weight is 330 g/mol. The van der Waals surface area contributed by atoms with Crippen molar-refractivity contribution in [3.8, 4) is 0 Å². The SMILES string of the molecule is CNC(c1cccc(Br)c1)c1ccc2c(c1)CCCC2. The Kier molecular flexibility index (Phi) is 4.23. The first-order valence-corrected chi connectivity index (χ1v) is 8.11. The summed E-state index contributed by atoms with van der Waals surface area (Å²) in [5.74, 6) is 0. The largest absolute Gasteiger partial charge is 0.309 e. The van der Waals surface area contributed by atoms with Crippen molar-refractivity contribution in [3.05, 3.63) is 69.2 Å². The quantitative estimate of drug-likeness (QED) is 0.865. The Morgan fingerprint density at radius 2 is 1.70 bits per heavy atom. The lowest BCUT2D eigenvalue weighted by atomic mass is 9.88. The Balaban J connectivity index is 1.97. The van der Waals surface area contributed by atoms with Gasteiger partial charge < -0.3 is 5.32 Å². The maximum Gasteiger partial charge on any atom is 0.0574 e. The molecule has 0 aliphatic heterocycles. The number of rotatable bonds is 3. The molecule has 1 atom stereocenters. The molecule has 2 aromatic carbocycles. The number of benzene rings is 2. The maximum absolute atomic E-state index is 3.56. The monoisotopic (exact) mass is 329 g/mol. The summed E-state index contributed by atoms with van der Waals surface area (Å²) in [6, 6.07) is 15.8. The van der Waals surface area contributed by atoms with Gasteiger partial charge in [-0.05, 0) is 67.1 Å². The zero-order chi connectivity index (χ0) is 13.9. The maximum atomic E-state index is 3.56. The predicted molar refractivity (Wildman–Crippen MR) is 88.1 cm³/mol. The average Bonchev–Trinajstić information content (AvgIpc) is 2.48. The van der Waals surface area contributed by atoms with Crippen LogP contribution in [-0.4, -0.2) is 7.05 Å². The number of fused-ring (bicyclic) bond motifs is 1. The fraction of sp³-hybridized carbons (Fsp3) is 0.333. The van der Waals surface area contributed by atoms with E-state index in [9.17, 15) is 0 Å². The molecule has 3 rings (SSSR count). The van der Waals surface area contributed by atoms with Gasteiger partial charge in [0.05, 0.1) is 6.04 Å². The fourth-order valence-electron chi connectivity index (χ4n) is 3.14. The van der Waals surface area contributed by atoms with E-state index in [2.05, 4.69) is 63.7 Å². The molecule has 0 amide bonds. The number of halogens is 1. The van der Waals surface area contributed by atoms with Crippen LogP contribution in [-0.2, 0) is 12.8 Å². The van der Waals surface area contributed by atoms with E-state index in [0.29, 0.717) is 0 Å². The third-order valence-electron chi connectivity index (χ3n) is 4.18. The molecule has 0 saturated heterocycles. The lowest BCUT2D eigenvalue weighted by Crippen LogP contribution is -2.18. The van der Waals surface area contributed by atoms with Gasteiger partial charge in [0.2, 0.25) is 0 Å². The van der Waals surface area contributed by atoms with Gasteiger partial charge in [-0.15, -0.1) is 0 Å². The lowest BCUT2D eigenvalue weighted by molar-refractivity contribution is 0.668. The van der Waals surface area contributed by atoms with E-state index in [0.717, 1.165) is 4.47 Å². The highest BCUT2D eigenvalue weighted by atomic mass is 79.9. The summed E-state index contributed by atoms with van der Waals surface area (Å²) in [5, 5.41) is 3.45. The van der Waals surface area contributed by atoms with E-state index < -0.39 is 0 Å². The van der Waals surface area contributed by atoms with E-state index >= 15 is 0 Å². The summed E-state index contributed by atoms with van der Waals surface area (Å²) in [5.41, 5.74) is 5.76. The van der Waals surface area contributed by atoms with Crippen LogP contribution in [0.1, 0.15) is 41.1 Å². The molecule has 0 radical (unpaired) electrons. The van der Waals surface area contributed by atoms with Crippen LogP contribution in [0.5, 0.6) is 0 Å². The van der Waals surface area contributed by atoms with Crippen LogP contribution in [0.4, 0.5) is 0 Å². The minimum atomic E-state index is 0.264. The molecule has 1 aliphatic carbocycles. The Hall–Kier alpha value is -1.12. The van der Waals surface area contributed by atoms with Crippen molar-refractivity contribution in [1.82, 2.24) is 5.32 Å². The van der Waals surface area contributed by atoms with E-state index in [4.69, 9.17) is 0 Å². The van der Waals surface area contributed by atoms with Crippen LogP contribution in [0.3, 0.4) is 0 Å². The highest BCUT2D eigenvalue weighted by Crippen LogP contribution is 2.28. The zero-order valence-electron chi connectivity index (χ0n) is 11.8. The van der Waals surface area contributed by atoms with Gasteiger partial charge in [0.15, 0.2) is 0 Å². The summed E-state index contributed by atoms with van der Waals surface area (Å²) < 4.78 is 1.13. The normalized spacial score (nSPS) is 15.7. The van der Waals surface area contributed by atoms with Crippen molar-refractivity contribution in [2.24, 2.45) is 0 Å². The van der Waals surface area contributed by atoms with Gasteiger partial charge >= 0.3 is 0 Å². The minimum Gasteiger partial charge on any atom is -0.309 e. The standard InChI is InChI=1S/C18H20BrN/c1-20-18(15-7-4-8-17(19)12-15)16-10-9-13-5-2-3-6-14(13)11-16/h4,7-12,18,20H,2-3,5-6H2,1H3. The number of aryl methyl sites for hydroxylation is 2. The molecule has 2 heteroatoms. The Labute approximate surface area is 129 Å². The van der Waals surface area contributed by atoms with Gasteiger partial charge in [-0.25, -0.2) is 0 Å². The number of hydrogen-bond donors (Lipinski definition) is 1. The summed E-state index contributed by atoms with van der Waals surface area (Å²) in [4.78, 5) is 0. The summed E-state index contributed by atoms with van der Waals surface area (Å²) >= 11 is 3.56. The van der Waals surface area contributed by atoms with Crippen molar-refractivity contribution < 1.29 is 0 Å². The van der Waals surface area contributed by atoms with E-state index in [-0.39, 0.29) is 6.04 Å².